The second-order valence-electron chi connectivity index (χ2n) is 6.25. The Balaban J connectivity index is 1.76. The van der Waals surface area contributed by atoms with Gasteiger partial charge in [-0.05, 0) is 45.7 Å². The molecule has 0 saturated carbocycles. The van der Waals surface area contributed by atoms with Crippen molar-refractivity contribution in [1.82, 2.24) is 15.1 Å². The van der Waals surface area contributed by atoms with Crippen LogP contribution in [-0.2, 0) is 0 Å². The minimum absolute atomic E-state index is 0.358. The van der Waals surface area contributed by atoms with Crippen molar-refractivity contribution in [2.45, 2.75) is 51.1 Å². The molecule has 2 heterocycles. The van der Waals surface area contributed by atoms with Gasteiger partial charge >= 0.3 is 0 Å². The van der Waals surface area contributed by atoms with Gasteiger partial charge in [0, 0.05) is 32.2 Å². The lowest BCUT2D eigenvalue weighted by Crippen LogP contribution is -2.52. The van der Waals surface area contributed by atoms with Crippen LogP contribution in [0, 0.1) is 11.3 Å². The molecule has 4 heteroatoms. The largest absolute Gasteiger partial charge is 0.300 e. The molecule has 4 nitrogen and oxygen atoms in total. The first-order valence-corrected chi connectivity index (χ1v) is 7.79. The fourth-order valence-corrected chi connectivity index (χ4v) is 3.23. The van der Waals surface area contributed by atoms with Crippen molar-refractivity contribution in [3.05, 3.63) is 0 Å². The Hall–Kier alpha value is -0.630. The summed E-state index contributed by atoms with van der Waals surface area (Å²) in [5.74, 6) is 0. The molecule has 19 heavy (non-hydrogen) atoms. The molecule has 2 unspecified atom stereocenters. The van der Waals surface area contributed by atoms with E-state index in [1.165, 1.54) is 39.0 Å². The Kier molecular flexibility index (Phi) is 5.20. The predicted octanol–water partition coefficient (Wildman–Crippen LogP) is 1.44. The Morgan fingerprint density at radius 3 is 2.95 bits per heavy atom. The third-order valence-corrected chi connectivity index (χ3v) is 4.61. The smallest absolute Gasteiger partial charge is 0.105 e. The van der Waals surface area contributed by atoms with E-state index in [1.807, 2.05) is 6.92 Å². The van der Waals surface area contributed by atoms with E-state index >= 15 is 0 Å². The van der Waals surface area contributed by atoms with Crippen molar-refractivity contribution in [2.24, 2.45) is 0 Å². The van der Waals surface area contributed by atoms with Crippen LogP contribution in [-0.4, -0.2) is 60.6 Å². The molecule has 2 atom stereocenters. The number of nitriles is 1. The van der Waals surface area contributed by atoms with Gasteiger partial charge in [-0.15, -0.1) is 0 Å². The van der Waals surface area contributed by atoms with Gasteiger partial charge in [-0.3, -0.25) is 10.2 Å². The van der Waals surface area contributed by atoms with E-state index in [0.29, 0.717) is 0 Å². The molecule has 0 aromatic heterocycles. The van der Waals surface area contributed by atoms with Crippen LogP contribution in [0.1, 0.15) is 39.5 Å². The van der Waals surface area contributed by atoms with Gasteiger partial charge in [-0.1, -0.05) is 6.92 Å². The molecule has 2 fully saturated rings. The Morgan fingerprint density at radius 1 is 1.37 bits per heavy atom. The van der Waals surface area contributed by atoms with E-state index in [0.717, 1.165) is 32.0 Å². The quantitative estimate of drug-likeness (QED) is 0.788. The maximum absolute atomic E-state index is 9.35. The molecule has 0 aromatic rings. The fraction of sp³-hybridized carbons (Fsp3) is 0.933. The number of fused-ring (bicyclic) bond motifs is 1. The molecular weight excluding hydrogens is 236 g/mol. The maximum Gasteiger partial charge on any atom is 0.105 e. The molecule has 0 aliphatic carbocycles. The summed E-state index contributed by atoms with van der Waals surface area (Å²) < 4.78 is 0. The molecule has 0 bridgehead atoms. The van der Waals surface area contributed by atoms with Gasteiger partial charge in [0.05, 0.1) is 6.07 Å². The van der Waals surface area contributed by atoms with Gasteiger partial charge < -0.3 is 4.90 Å². The summed E-state index contributed by atoms with van der Waals surface area (Å²) in [4.78, 5) is 5.19. The molecule has 2 aliphatic heterocycles. The van der Waals surface area contributed by atoms with Crippen LogP contribution >= 0.6 is 0 Å². The number of hydrogen-bond donors (Lipinski definition) is 1. The van der Waals surface area contributed by atoms with Crippen molar-refractivity contribution in [2.75, 3.05) is 39.3 Å². The normalized spacial score (nSPS) is 27.7. The predicted molar refractivity (Wildman–Crippen MR) is 78.0 cm³/mol. The lowest BCUT2D eigenvalue weighted by atomic mass is 9.98. The highest BCUT2D eigenvalue weighted by atomic mass is 15.3. The van der Waals surface area contributed by atoms with E-state index in [4.69, 9.17) is 0 Å². The Labute approximate surface area is 117 Å². The number of nitrogens with one attached hydrogen (secondary N) is 1. The highest BCUT2D eigenvalue weighted by Gasteiger charge is 2.31. The molecule has 0 amide bonds. The molecule has 0 aromatic carbocycles. The summed E-state index contributed by atoms with van der Waals surface area (Å²) in [5, 5.41) is 12.7. The Bertz CT molecular complexity index is 325. The fourth-order valence-electron chi connectivity index (χ4n) is 3.23. The zero-order valence-corrected chi connectivity index (χ0v) is 12.5. The van der Waals surface area contributed by atoms with E-state index < -0.39 is 0 Å². The molecule has 0 radical (unpaired) electrons. The highest BCUT2D eigenvalue weighted by Crippen LogP contribution is 2.22. The molecular formula is C15H28N4. The molecule has 2 aliphatic rings. The molecule has 108 valence electrons. The molecule has 2 rings (SSSR count). The maximum atomic E-state index is 9.35. The number of hydrogen-bond acceptors (Lipinski definition) is 4. The van der Waals surface area contributed by atoms with Crippen LogP contribution in [0.4, 0.5) is 0 Å². The van der Waals surface area contributed by atoms with Crippen molar-refractivity contribution >= 4 is 0 Å². The highest BCUT2D eigenvalue weighted by molar-refractivity contribution is 5.04. The van der Waals surface area contributed by atoms with Crippen LogP contribution in [0.25, 0.3) is 0 Å². The van der Waals surface area contributed by atoms with Crippen LogP contribution in [0.3, 0.4) is 0 Å². The molecule has 0 spiro atoms. The minimum atomic E-state index is -0.358. The summed E-state index contributed by atoms with van der Waals surface area (Å²) in [6.07, 6.45) is 4.74. The summed E-state index contributed by atoms with van der Waals surface area (Å²) in [6.45, 7) is 11.0. The molecule has 2 saturated heterocycles. The zero-order chi connectivity index (χ0) is 13.7. The van der Waals surface area contributed by atoms with E-state index in [9.17, 15) is 5.26 Å². The van der Waals surface area contributed by atoms with Crippen molar-refractivity contribution < 1.29 is 0 Å². The van der Waals surface area contributed by atoms with E-state index in [1.54, 1.807) is 0 Å². The lowest BCUT2D eigenvalue weighted by Gasteiger charge is -2.38. The van der Waals surface area contributed by atoms with Crippen LogP contribution < -0.4 is 5.32 Å². The van der Waals surface area contributed by atoms with Gasteiger partial charge in [-0.2, -0.15) is 5.26 Å². The van der Waals surface area contributed by atoms with Crippen LogP contribution in [0.5, 0.6) is 0 Å². The average Bonchev–Trinajstić information content (AvgIpc) is 2.90. The summed E-state index contributed by atoms with van der Waals surface area (Å²) >= 11 is 0. The van der Waals surface area contributed by atoms with Gasteiger partial charge in [-0.25, -0.2) is 0 Å². The lowest BCUT2D eigenvalue weighted by molar-refractivity contribution is 0.0990. The van der Waals surface area contributed by atoms with Crippen molar-refractivity contribution in [3.8, 4) is 6.07 Å². The third-order valence-electron chi connectivity index (χ3n) is 4.61. The van der Waals surface area contributed by atoms with Gasteiger partial charge in [0.25, 0.3) is 0 Å². The number of nitrogens with zero attached hydrogens (tertiary/aromatic N) is 3. The van der Waals surface area contributed by atoms with Crippen molar-refractivity contribution in [1.29, 1.82) is 5.26 Å². The summed E-state index contributed by atoms with van der Waals surface area (Å²) in [6, 6.07) is 3.23. The van der Waals surface area contributed by atoms with Gasteiger partial charge in [0.1, 0.15) is 5.54 Å². The van der Waals surface area contributed by atoms with E-state index in [2.05, 4.69) is 28.1 Å². The minimum Gasteiger partial charge on any atom is -0.300 e. The van der Waals surface area contributed by atoms with Gasteiger partial charge in [0.2, 0.25) is 0 Å². The van der Waals surface area contributed by atoms with Gasteiger partial charge in [0.15, 0.2) is 0 Å². The second kappa shape index (κ2) is 6.69. The van der Waals surface area contributed by atoms with Crippen LogP contribution in [0.2, 0.25) is 0 Å². The van der Waals surface area contributed by atoms with Crippen LogP contribution in [0.15, 0.2) is 0 Å². The molecule has 1 N–H and O–H groups in total. The first-order valence-electron chi connectivity index (χ1n) is 7.79. The first-order chi connectivity index (χ1) is 9.17. The Morgan fingerprint density at radius 2 is 2.21 bits per heavy atom. The SMILES string of the molecule is CCCNC(C)(C#N)CCN1CCN2CCCC2C1. The topological polar surface area (TPSA) is 42.3 Å². The first kappa shape index (κ1) is 14.8. The number of piperazine rings is 1. The third kappa shape index (κ3) is 3.92. The summed E-state index contributed by atoms with van der Waals surface area (Å²) in [7, 11) is 0. The van der Waals surface area contributed by atoms with Crippen molar-refractivity contribution in [3.63, 3.8) is 0 Å². The second-order valence-corrected chi connectivity index (χ2v) is 6.25. The monoisotopic (exact) mass is 264 g/mol. The summed E-state index contributed by atoms with van der Waals surface area (Å²) in [5.41, 5.74) is -0.358. The number of rotatable bonds is 6. The standard InChI is InChI=1S/C15H28N4/c1-3-7-17-15(2,13-16)6-9-18-10-11-19-8-4-5-14(19)12-18/h14,17H,3-12H2,1-2H3. The average molecular weight is 264 g/mol. The zero-order valence-electron chi connectivity index (χ0n) is 12.5. The van der Waals surface area contributed by atoms with E-state index in [-0.39, 0.29) is 5.54 Å².